The maximum atomic E-state index is 12.6. The highest BCUT2D eigenvalue weighted by Gasteiger charge is 2.26. The van der Waals surface area contributed by atoms with Crippen LogP contribution in [0.25, 0.3) is 0 Å². The highest BCUT2D eigenvalue weighted by molar-refractivity contribution is 7.89. The van der Waals surface area contributed by atoms with Crippen molar-refractivity contribution in [1.29, 1.82) is 0 Å². The second-order valence-corrected chi connectivity index (χ2v) is 7.37. The molecule has 3 rings (SSSR count). The number of hydrogen-bond donors (Lipinski definition) is 1. The summed E-state index contributed by atoms with van der Waals surface area (Å²) in [6, 6.07) is 6.03. The quantitative estimate of drug-likeness (QED) is 0.834. The molecule has 0 bridgehead atoms. The van der Waals surface area contributed by atoms with Crippen molar-refractivity contribution in [2.45, 2.75) is 17.7 Å². The Bertz CT molecular complexity index is 810. The van der Waals surface area contributed by atoms with E-state index in [9.17, 15) is 18.3 Å². The molecule has 0 unspecified atom stereocenters. The lowest BCUT2D eigenvalue weighted by molar-refractivity contribution is -0.115. The topological polar surface area (TPSA) is 109 Å². The third kappa shape index (κ3) is 3.37. The molecule has 1 aromatic rings. The van der Waals surface area contributed by atoms with Crippen LogP contribution in [-0.2, 0) is 19.6 Å². The SMILES string of the molecule is O=C1CCC(O)=C1N=Nc1cccc(S(=O)(=O)N2CCOCC2)c1. The van der Waals surface area contributed by atoms with Gasteiger partial charge in [0, 0.05) is 25.9 Å². The molecule has 0 amide bonds. The Hall–Kier alpha value is -2.10. The molecule has 0 atom stereocenters. The minimum atomic E-state index is -3.62. The lowest BCUT2D eigenvalue weighted by Crippen LogP contribution is -2.40. The normalized spacial score (nSPS) is 20.2. The zero-order valence-corrected chi connectivity index (χ0v) is 13.7. The van der Waals surface area contributed by atoms with E-state index in [0.29, 0.717) is 32.0 Å². The second-order valence-electron chi connectivity index (χ2n) is 5.43. The largest absolute Gasteiger partial charge is 0.510 e. The van der Waals surface area contributed by atoms with Gasteiger partial charge in [0.1, 0.15) is 5.76 Å². The molecule has 0 radical (unpaired) electrons. The smallest absolute Gasteiger partial charge is 0.243 e. The number of aliphatic hydroxyl groups excluding tert-OH is 1. The van der Waals surface area contributed by atoms with Gasteiger partial charge in [-0.25, -0.2) is 8.42 Å². The fraction of sp³-hybridized carbons (Fsp3) is 0.400. The van der Waals surface area contributed by atoms with Gasteiger partial charge in [-0.15, -0.1) is 5.11 Å². The van der Waals surface area contributed by atoms with Crippen LogP contribution in [0, 0.1) is 0 Å². The lowest BCUT2D eigenvalue weighted by atomic mass is 10.3. The Morgan fingerprint density at radius 3 is 2.54 bits per heavy atom. The van der Waals surface area contributed by atoms with Crippen molar-refractivity contribution in [3.8, 4) is 0 Å². The van der Waals surface area contributed by atoms with E-state index in [1.165, 1.54) is 16.4 Å². The van der Waals surface area contributed by atoms with Crippen molar-refractivity contribution in [3.63, 3.8) is 0 Å². The summed E-state index contributed by atoms with van der Waals surface area (Å²) in [6.07, 6.45) is 0.476. The zero-order chi connectivity index (χ0) is 17.2. The van der Waals surface area contributed by atoms with Crippen LogP contribution in [-0.4, -0.2) is 49.9 Å². The monoisotopic (exact) mass is 351 g/mol. The number of benzene rings is 1. The molecule has 1 heterocycles. The van der Waals surface area contributed by atoms with Gasteiger partial charge in [-0.2, -0.15) is 9.42 Å². The minimum absolute atomic E-state index is 0.0589. The molecule has 1 aliphatic carbocycles. The molecule has 0 saturated carbocycles. The first kappa shape index (κ1) is 16.7. The van der Waals surface area contributed by atoms with Crippen molar-refractivity contribution in [2.75, 3.05) is 26.3 Å². The molecular weight excluding hydrogens is 334 g/mol. The second kappa shape index (κ2) is 6.80. The van der Waals surface area contributed by atoms with Gasteiger partial charge in [0.05, 0.1) is 23.8 Å². The molecule has 1 aromatic carbocycles. The summed E-state index contributed by atoms with van der Waals surface area (Å²) >= 11 is 0. The number of hydrogen-bond acceptors (Lipinski definition) is 7. The van der Waals surface area contributed by atoms with Crippen molar-refractivity contribution in [3.05, 3.63) is 35.7 Å². The fourth-order valence-corrected chi connectivity index (χ4v) is 3.94. The Kier molecular flexibility index (Phi) is 4.74. The average molecular weight is 351 g/mol. The van der Waals surface area contributed by atoms with Crippen molar-refractivity contribution >= 4 is 21.5 Å². The van der Waals surface area contributed by atoms with Crippen LogP contribution in [0.3, 0.4) is 0 Å². The zero-order valence-electron chi connectivity index (χ0n) is 12.9. The van der Waals surface area contributed by atoms with Gasteiger partial charge in [-0.05, 0) is 18.2 Å². The third-order valence-corrected chi connectivity index (χ3v) is 5.71. The van der Waals surface area contributed by atoms with Crippen LogP contribution in [0.5, 0.6) is 0 Å². The van der Waals surface area contributed by atoms with E-state index in [4.69, 9.17) is 4.74 Å². The van der Waals surface area contributed by atoms with Crippen molar-refractivity contribution in [1.82, 2.24) is 4.31 Å². The Morgan fingerprint density at radius 2 is 1.88 bits per heavy atom. The molecule has 9 heteroatoms. The van der Waals surface area contributed by atoms with E-state index < -0.39 is 10.0 Å². The molecule has 2 aliphatic rings. The number of sulfonamides is 1. The van der Waals surface area contributed by atoms with E-state index in [1.807, 2.05) is 0 Å². The van der Waals surface area contributed by atoms with Gasteiger partial charge in [0.15, 0.2) is 11.5 Å². The van der Waals surface area contributed by atoms with E-state index in [2.05, 4.69) is 10.2 Å². The minimum Gasteiger partial charge on any atom is -0.510 e. The average Bonchev–Trinajstić information content (AvgIpc) is 2.92. The first-order valence-electron chi connectivity index (χ1n) is 7.53. The number of carbonyl (C=O) groups is 1. The summed E-state index contributed by atoms with van der Waals surface area (Å²) in [5.74, 6) is -0.353. The number of rotatable bonds is 4. The van der Waals surface area contributed by atoms with E-state index >= 15 is 0 Å². The number of carbonyl (C=O) groups excluding carboxylic acids is 1. The summed E-state index contributed by atoms with van der Waals surface area (Å²) in [5.41, 5.74) is 0.237. The molecule has 1 aliphatic heterocycles. The predicted molar refractivity (Wildman–Crippen MR) is 84.4 cm³/mol. The van der Waals surface area contributed by atoms with Crippen LogP contribution >= 0.6 is 0 Å². The number of Topliss-reactive ketones (excluding diaryl/α,β-unsaturated/α-hetero) is 1. The Labute approximate surface area is 139 Å². The Morgan fingerprint density at radius 1 is 1.12 bits per heavy atom. The van der Waals surface area contributed by atoms with Crippen molar-refractivity contribution in [2.24, 2.45) is 10.2 Å². The molecule has 8 nitrogen and oxygen atoms in total. The van der Waals surface area contributed by atoms with Crippen LogP contribution in [0.15, 0.2) is 50.8 Å². The number of ketones is 1. The standard InChI is InChI=1S/C15H17N3O5S/c19-13-4-5-14(20)15(13)17-16-11-2-1-3-12(10-11)24(21,22)18-6-8-23-9-7-18/h1-3,10,19H,4-9H2. The highest BCUT2D eigenvalue weighted by Crippen LogP contribution is 2.26. The van der Waals surface area contributed by atoms with Crippen molar-refractivity contribution < 1.29 is 23.1 Å². The van der Waals surface area contributed by atoms with E-state index in [-0.39, 0.29) is 35.0 Å². The molecule has 1 fully saturated rings. The molecule has 0 spiro atoms. The van der Waals surface area contributed by atoms with Crippen LogP contribution in [0.4, 0.5) is 5.69 Å². The molecule has 1 saturated heterocycles. The van der Waals surface area contributed by atoms with Gasteiger partial charge in [-0.1, -0.05) is 6.07 Å². The van der Waals surface area contributed by atoms with Gasteiger partial charge < -0.3 is 9.84 Å². The summed E-state index contributed by atoms with van der Waals surface area (Å²) in [6.45, 7) is 1.36. The number of allylic oxidation sites excluding steroid dienone is 2. The van der Waals surface area contributed by atoms with Gasteiger partial charge in [-0.3, -0.25) is 4.79 Å². The summed E-state index contributed by atoms with van der Waals surface area (Å²) in [5, 5.41) is 17.2. The van der Waals surface area contributed by atoms with Crippen LogP contribution in [0.1, 0.15) is 12.8 Å². The van der Waals surface area contributed by atoms with E-state index in [1.54, 1.807) is 12.1 Å². The fourth-order valence-electron chi connectivity index (χ4n) is 2.49. The van der Waals surface area contributed by atoms with Gasteiger partial charge in [0.25, 0.3) is 0 Å². The molecule has 1 N–H and O–H groups in total. The predicted octanol–water partition coefficient (Wildman–Crippen LogP) is 1.92. The van der Waals surface area contributed by atoms with E-state index in [0.717, 1.165) is 0 Å². The number of azo groups is 1. The summed E-state index contributed by atoms with van der Waals surface area (Å²) in [4.78, 5) is 11.7. The third-order valence-electron chi connectivity index (χ3n) is 3.82. The van der Waals surface area contributed by atoms with Crippen LogP contribution in [0.2, 0.25) is 0 Å². The number of ether oxygens (including phenoxy) is 1. The summed E-state index contributed by atoms with van der Waals surface area (Å²) < 4.78 is 31.7. The lowest BCUT2D eigenvalue weighted by Gasteiger charge is -2.26. The number of nitrogens with zero attached hydrogens (tertiary/aromatic N) is 3. The van der Waals surface area contributed by atoms with Gasteiger partial charge >= 0.3 is 0 Å². The number of aliphatic hydroxyl groups is 1. The van der Waals surface area contributed by atoms with Gasteiger partial charge in [0.2, 0.25) is 10.0 Å². The molecular formula is C15H17N3O5S. The maximum Gasteiger partial charge on any atom is 0.243 e. The van der Waals surface area contributed by atoms with Crippen LogP contribution < -0.4 is 0 Å². The molecule has 24 heavy (non-hydrogen) atoms. The Balaban J connectivity index is 1.84. The maximum absolute atomic E-state index is 12.6. The number of morpholine rings is 1. The highest BCUT2D eigenvalue weighted by atomic mass is 32.2. The molecule has 0 aromatic heterocycles. The summed E-state index contributed by atoms with van der Waals surface area (Å²) in [7, 11) is -3.62. The first-order chi connectivity index (χ1) is 11.5. The molecule has 128 valence electrons. The first-order valence-corrected chi connectivity index (χ1v) is 8.97.